The number of hydrogen-bond acceptors (Lipinski definition) is 19. The number of nitrogens with zero attached hydrogens (tertiary/aromatic N) is 8. The van der Waals surface area contributed by atoms with Gasteiger partial charge in [-0.3, -0.25) is 9.59 Å². The van der Waals surface area contributed by atoms with Gasteiger partial charge in [0.15, 0.2) is 0 Å². The van der Waals surface area contributed by atoms with Crippen molar-refractivity contribution in [2.24, 2.45) is 11.3 Å². The third-order valence-electron chi connectivity index (χ3n) is 25.2. The Balaban J connectivity index is 0.000000142. The highest BCUT2D eigenvalue weighted by molar-refractivity contribution is 5.82. The predicted octanol–water partition coefficient (Wildman–Crippen LogP) is 14.4. The number of benzene rings is 4. The third-order valence-corrected chi connectivity index (χ3v) is 25.2. The molecule has 646 valence electrons. The summed E-state index contributed by atoms with van der Waals surface area (Å²) in [5.74, 6) is 0.963. The number of carbonyl (C=O) groups excluding carboxylic acids is 9. The fourth-order valence-corrected chi connectivity index (χ4v) is 18.6. The normalized spacial score (nSPS) is 22.7. The minimum absolute atomic E-state index is 0.0746. The van der Waals surface area contributed by atoms with Gasteiger partial charge >= 0.3 is 42.7 Å². The van der Waals surface area contributed by atoms with Gasteiger partial charge < -0.3 is 87.9 Å². The largest absolute Gasteiger partial charge is 0.445 e. The van der Waals surface area contributed by atoms with Crippen molar-refractivity contribution in [3.05, 3.63) is 144 Å². The Morgan fingerprint density at radius 1 is 0.398 bits per heavy atom. The first-order valence-corrected chi connectivity index (χ1v) is 43.4. The zero-order valence-corrected chi connectivity index (χ0v) is 70.6. The zero-order chi connectivity index (χ0) is 83.9. The molecule has 12 aliphatic rings. The molecule has 0 bridgehead atoms. The average Bonchev–Trinajstić information content (AvgIpc) is 1.60. The summed E-state index contributed by atoms with van der Waals surface area (Å²) >= 11 is 0. The number of ether oxygens (including phenoxy) is 7. The number of amides is 8. The first-order valence-electron chi connectivity index (χ1n) is 43.4. The quantitative estimate of drug-likeness (QED) is 0.124. The molecule has 3 atom stereocenters. The minimum atomic E-state index is -1.01. The first-order chi connectivity index (χ1) is 56.6. The van der Waals surface area contributed by atoms with Crippen molar-refractivity contribution in [2.45, 2.75) is 262 Å². The fourth-order valence-electron chi connectivity index (χ4n) is 18.6. The SMILES string of the molecule is CC(C)(C)OC(=O)N1CCCC1.CC(C)(C)OC(=O)N1CCCC1C1(O)CCN(C(=O)OCc2ccccc2)CC1.O=C(OCc1ccccc1)N1CCC(O)(C2CCCC2)CC1.O=C(OCc1ccccc1)N1CCC2(CC1)CC(=O)N1CCCC12.O=C1CCN(C(=O)OCc2ccccc2)CC1.O=C1OC2(CCNCC2)C2CCCN12. The highest BCUT2D eigenvalue weighted by Crippen LogP contribution is 2.50. The van der Waals surface area contributed by atoms with Crippen molar-refractivity contribution in [3.8, 4) is 0 Å². The van der Waals surface area contributed by atoms with Crippen molar-refractivity contribution < 1.29 is 86.5 Å². The lowest BCUT2D eigenvalue weighted by Gasteiger charge is -2.44. The molecular weight excluding hydrogens is 1510 g/mol. The predicted molar refractivity (Wildman–Crippen MR) is 442 cm³/mol. The topological polar surface area (TPSA) is 297 Å². The number of fused-ring (bicyclic) bond motifs is 4. The summed E-state index contributed by atoms with van der Waals surface area (Å²) in [5, 5.41) is 25.4. The summed E-state index contributed by atoms with van der Waals surface area (Å²) in [5.41, 5.74) is 1.36. The highest BCUT2D eigenvalue weighted by Gasteiger charge is 2.57. The maximum atomic E-state index is 12.6. The Morgan fingerprint density at radius 2 is 0.771 bits per heavy atom. The summed E-state index contributed by atoms with van der Waals surface area (Å²) in [6.45, 7) is 22.8. The number of ketones is 1. The van der Waals surface area contributed by atoms with Crippen LogP contribution in [-0.2, 0) is 69.2 Å². The summed E-state index contributed by atoms with van der Waals surface area (Å²) in [7, 11) is 0. The van der Waals surface area contributed by atoms with E-state index in [0.717, 1.165) is 151 Å². The summed E-state index contributed by atoms with van der Waals surface area (Å²) in [6, 6.07) is 39.1. The number of rotatable bonds is 10. The first kappa shape index (κ1) is 89.6. The van der Waals surface area contributed by atoms with E-state index in [-0.39, 0.29) is 84.3 Å². The zero-order valence-electron chi connectivity index (χ0n) is 70.6. The van der Waals surface area contributed by atoms with Gasteiger partial charge in [-0.2, -0.15) is 0 Å². The maximum Gasteiger partial charge on any atom is 0.410 e. The van der Waals surface area contributed by atoms with Crippen molar-refractivity contribution >= 4 is 54.3 Å². The van der Waals surface area contributed by atoms with Gasteiger partial charge in [0.25, 0.3) is 0 Å². The molecule has 1 saturated carbocycles. The van der Waals surface area contributed by atoms with Crippen LogP contribution in [0.2, 0.25) is 0 Å². The highest BCUT2D eigenvalue weighted by atomic mass is 16.6. The van der Waals surface area contributed by atoms with E-state index in [2.05, 4.69) is 10.2 Å². The smallest absolute Gasteiger partial charge is 0.410 e. The summed E-state index contributed by atoms with van der Waals surface area (Å²) < 4.78 is 37.7. The van der Waals surface area contributed by atoms with Crippen LogP contribution in [0.4, 0.5) is 33.6 Å². The summed E-state index contributed by atoms with van der Waals surface area (Å²) in [6.07, 6.45) is 18.8. The fraction of sp³-hybridized carbons (Fsp3) is 0.637. The molecule has 11 aliphatic heterocycles. The molecule has 3 N–H and O–H groups in total. The molecule has 8 amide bonds. The molecule has 12 fully saturated rings. The second kappa shape index (κ2) is 41.7. The lowest BCUT2D eigenvalue weighted by Crippen LogP contribution is -2.58. The Kier molecular flexibility index (Phi) is 31.6. The van der Waals surface area contributed by atoms with Gasteiger partial charge in [-0.05, 0) is 186 Å². The van der Waals surface area contributed by atoms with Crippen LogP contribution in [-0.4, -0.2) is 248 Å². The third kappa shape index (κ3) is 25.0. The second-order valence-corrected chi connectivity index (χ2v) is 35.7. The number of carbonyl (C=O) groups is 9. The van der Waals surface area contributed by atoms with Crippen molar-refractivity contribution in [1.82, 2.24) is 44.5 Å². The number of Topliss-reactive ketones (excluding diaryl/α,β-unsaturated/α-hetero) is 1. The van der Waals surface area contributed by atoms with Crippen LogP contribution < -0.4 is 5.32 Å². The van der Waals surface area contributed by atoms with E-state index in [1.807, 2.05) is 168 Å². The van der Waals surface area contributed by atoms with E-state index >= 15 is 0 Å². The Bertz CT molecular complexity index is 3890. The minimum Gasteiger partial charge on any atom is -0.445 e. The van der Waals surface area contributed by atoms with Gasteiger partial charge in [0.1, 0.15) is 49.0 Å². The van der Waals surface area contributed by atoms with E-state index in [9.17, 15) is 53.4 Å². The Labute approximate surface area is 696 Å². The Hall–Kier alpha value is -9.21. The van der Waals surface area contributed by atoms with Crippen LogP contribution in [0.5, 0.6) is 0 Å². The second-order valence-electron chi connectivity index (χ2n) is 35.7. The molecule has 0 aromatic heterocycles. The van der Waals surface area contributed by atoms with Crippen LogP contribution in [0.25, 0.3) is 0 Å². The van der Waals surface area contributed by atoms with Crippen molar-refractivity contribution in [1.29, 1.82) is 0 Å². The van der Waals surface area contributed by atoms with Crippen LogP contribution >= 0.6 is 0 Å². The molecule has 2 spiro atoms. The van der Waals surface area contributed by atoms with Crippen molar-refractivity contribution in [3.63, 3.8) is 0 Å². The number of likely N-dealkylation sites (tertiary alicyclic amines) is 6. The molecule has 4 aromatic carbocycles. The van der Waals surface area contributed by atoms with E-state index in [4.69, 9.17) is 33.2 Å². The average molecular weight is 1640 g/mol. The molecule has 27 nitrogen and oxygen atoms in total. The van der Waals surface area contributed by atoms with Gasteiger partial charge in [0, 0.05) is 129 Å². The molecule has 27 heteroatoms. The standard InChI is InChI=1S/C22H32N2O5.C19H24N2O3.C18H25NO3.C13H15NO3.C10H16N2O2.C9H17NO2/c1-21(2,3)29-20(26)24-13-7-10-18(24)22(27)11-14-23(15-12-22)19(25)28-16-17-8-5-4-6-9-17;22-17-13-19(16-7-4-10-21(16)17)8-11-20(12-9-19)18(23)24-14-15-5-2-1-3-6-15;20-17(22-14-15-6-2-1-3-7-15)19-12-10-18(21,11-13-19)16-8-4-5-9-16;15-12-6-8-14(9-7-12)13(16)17-10-11-4-2-1-3-5-11;13-9-12-7-1-2-8(12)10(14-9)3-5-11-6-4-10;1-9(2,3)12-8(11)10-6-4-5-7-10/h4-6,8-9,18,27H,7,10-16H2,1-3H3;1-3,5-6,16H,4,7-14H2;1-3,6-7,16,21H,4-5,8-14H2;1-5H,6-10H2;8,11H,1-7H2;4-7H2,1-3H3. The maximum absolute atomic E-state index is 12.6. The molecule has 118 heavy (non-hydrogen) atoms. The molecule has 4 aromatic rings. The van der Waals surface area contributed by atoms with Crippen LogP contribution in [0.15, 0.2) is 121 Å². The van der Waals surface area contributed by atoms with Crippen LogP contribution in [0, 0.1) is 11.3 Å². The van der Waals surface area contributed by atoms with Crippen molar-refractivity contribution in [2.75, 3.05) is 98.2 Å². The van der Waals surface area contributed by atoms with Gasteiger partial charge in [-0.15, -0.1) is 0 Å². The van der Waals surface area contributed by atoms with Gasteiger partial charge in [0.05, 0.1) is 23.3 Å². The number of hydrogen-bond donors (Lipinski definition) is 3. The lowest BCUT2D eigenvalue weighted by molar-refractivity contribution is -0.128. The summed E-state index contributed by atoms with van der Waals surface area (Å²) in [4.78, 5) is 121. The number of nitrogens with one attached hydrogen (secondary N) is 1. The van der Waals surface area contributed by atoms with Crippen LogP contribution in [0.3, 0.4) is 0 Å². The molecule has 3 unspecified atom stereocenters. The van der Waals surface area contributed by atoms with Crippen LogP contribution in [0.1, 0.15) is 211 Å². The van der Waals surface area contributed by atoms with Gasteiger partial charge in [-0.1, -0.05) is 134 Å². The molecule has 11 saturated heterocycles. The van der Waals surface area contributed by atoms with E-state index in [0.29, 0.717) is 141 Å². The lowest BCUT2D eigenvalue weighted by atomic mass is 9.71. The van der Waals surface area contributed by atoms with E-state index < -0.39 is 16.8 Å². The molecule has 1 aliphatic carbocycles. The number of aliphatic hydroxyl groups is 2. The molecular formula is C91H129N9O18. The van der Waals surface area contributed by atoms with Gasteiger partial charge in [0.2, 0.25) is 5.91 Å². The van der Waals surface area contributed by atoms with Gasteiger partial charge in [-0.25, -0.2) is 33.6 Å². The molecule has 16 rings (SSSR count). The Morgan fingerprint density at radius 3 is 1.21 bits per heavy atom. The molecule has 0 radical (unpaired) electrons. The molecule has 11 heterocycles. The monoisotopic (exact) mass is 1640 g/mol. The number of piperidine rings is 5. The van der Waals surface area contributed by atoms with E-state index in [1.165, 1.54) is 12.8 Å². The van der Waals surface area contributed by atoms with E-state index in [1.54, 1.807) is 29.4 Å².